The summed E-state index contributed by atoms with van der Waals surface area (Å²) >= 11 is 0. The van der Waals surface area contributed by atoms with E-state index < -0.39 is 251 Å². The van der Waals surface area contributed by atoms with E-state index in [9.17, 15) is 92.0 Å². The third-order valence-electron chi connectivity index (χ3n) is 23.6. The number of aliphatic hydroxyl groups is 2. The second kappa shape index (κ2) is 52.0. The predicted octanol–water partition coefficient (Wildman–Crippen LogP) is 5.94. The number of ketones is 2. The van der Waals surface area contributed by atoms with Crippen LogP contribution in [-0.2, 0) is 98.9 Å². The number of hydrogen-bond donors (Lipinski definition) is 12. The van der Waals surface area contributed by atoms with Crippen molar-refractivity contribution in [1.82, 2.24) is 62.6 Å². The Bertz CT molecular complexity index is 4190. The summed E-state index contributed by atoms with van der Waals surface area (Å²) in [5, 5.41) is 57.0. The predicted molar refractivity (Wildman–Crippen MR) is 486 cm³/mol. The second-order valence-corrected chi connectivity index (χ2v) is 38.3. The molecule has 3 aliphatic heterocycles. The number of likely N-dealkylation sites (tertiary alicyclic amines) is 1. The van der Waals surface area contributed by atoms with Gasteiger partial charge in [0, 0.05) is 26.6 Å². The van der Waals surface area contributed by atoms with E-state index in [-0.39, 0.29) is 57.0 Å². The average molecular weight is 1850 g/mol. The zero-order valence-corrected chi connectivity index (χ0v) is 81.5. The van der Waals surface area contributed by atoms with Crippen LogP contribution in [0.2, 0.25) is 0 Å². The monoisotopic (exact) mass is 1850 g/mol. The number of aliphatic carboxylic acids is 1. The quantitative estimate of drug-likeness (QED) is 0.0219. The molecule has 3 fully saturated rings. The minimum Gasteiger partial charge on any atom is -0.497 e. The van der Waals surface area contributed by atoms with Crippen LogP contribution in [0.5, 0.6) is 11.5 Å². The molecule has 0 saturated carbocycles. The Morgan fingerprint density at radius 3 is 1.75 bits per heavy atom. The molecule has 37 heteroatoms. The summed E-state index contributed by atoms with van der Waals surface area (Å²) in [5.74, 6) is -13.9. The number of esters is 2. The molecule has 0 spiro atoms. The topological polar surface area (TPSA) is 507 Å². The fraction of sp³-hybridized carbons (Fsp3) is 0.702. The first kappa shape index (κ1) is 113. The summed E-state index contributed by atoms with van der Waals surface area (Å²) in [6.45, 7) is 37.0. The van der Waals surface area contributed by atoms with Gasteiger partial charge >= 0.3 is 30.1 Å². The van der Waals surface area contributed by atoms with Crippen LogP contribution in [-0.4, -0.2) is 274 Å². The van der Waals surface area contributed by atoms with Crippen molar-refractivity contribution >= 4 is 94.8 Å². The molecule has 37 nitrogen and oxygen atoms in total. The number of carbonyl (C=O) groups excluding carboxylic acids is 15. The van der Waals surface area contributed by atoms with Crippen molar-refractivity contribution in [2.24, 2.45) is 47.3 Å². The Balaban J connectivity index is 0.000000548. The number of benzene rings is 2. The SMILES string of the molecule is CC[C@H](C)[C@@H](NC(=O)[C@@H](NC(=O)OC(C)(C)C)[C@@H](C)OC(=O)[C@H](Cc1ccc(OC)cc1)NC)[C@@H](O)CC(=O)N[C@H](C(=O)C(C)C(=O)N[C@@H](CC(C)C)C(=O)N1CCC[C@H]1C(=O)O)C(C)C.CC[C@H](C)[C@H]1NC(=O)[C@@H](NC(=O)OC(C)(C)C)[C@@H](C)OC(=O)[C@H](Cc2ccc(OC)cc2)N(C)C(=O)[C@@H]2CCCN2C(=O)[C@H](CC(C)C)NC(=O)[C@@H](C)C(=O)[C@H](C(C)C)NC(=O)C[C@@H]1O. The van der Waals surface area contributed by atoms with E-state index in [0.717, 1.165) is 5.56 Å². The number of hydrogen-bond acceptors (Lipinski definition) is 25. The first-order valence-corrected chi connectivity index (χ1v) is 45.7. The minimum atomic E-state index is -1.61. The van der Waals surface area contributed by atoms with E-state index in [4.69, 9.17) is 28.4 Å². The molecule has 1 unspecified atom stereocenters. The van der Waals surface area contributed by atoms with Crippen LogP contribution in [0.15, 0.2) is 48.5 Å². The fourth-order valence-corrected chi connectivity index (χ4v) is 15.6. The van der Waals surface area contributed by atoms with E-state index in [0.29, 0.717) is 49.2 Å². The number of carbonyl (C=O) groups is 16. The molecule has 20 atom stereocenters. The van der Waals surface area contributed by atoms with Crippen molar-refractivity contribution in [1.29, 1.82) is 0 Å². The lowest BCUT2D eigenvalue weighted by Gasteiger charge is -2.35. The highest BCUT2D eigenvalue weighted by atomic mass is 16.6. The molecule has 3 aliphatic rings. The minimum absolute atomic E-state index is 0.0604. The summed E-state index contributed by atoms with van der Waals surface area (Å²) in [6.07, 6.45) is -5.87. The van der Waals surface area contributed by atoms with Crippen molar-refractivity contribution in [2.75, 3.05) is 41.4 Å². The zero-order chi connectivity index (χ0) is 99.3. The number of cyclic esters (lactones) is 1. The number of fused-ring (bicyclic) bond motifs is 1. The molecule has 0 aliphatic carbocycles. The van der Waals surface area contributed by atoms with E-state index in [1.807, 2.05) is 41.5 Å². The van der Waals surface area contributed by atoms with Gasteiger partial charge < -0.3 is 106 Å². The third kappa shape index (κ3) is 34.8. The zero-order valence-electron chi connectivity index (χ0n) is 81.5. The number of ether oxygens (including phenoxy) is 6. The van der Waals surface area contributed by atoms with Gasteiger partial charge in [-0.1, -0.05) is 120 Å². The van der Waals surface area contributed by atoms with Crippen LogP contribution < -0.4 is 57.3 Å². The Kier molecular flexibility index (Phi) is 44.8. The number of carboxylic acid groups (broad SMARTS) is 1. The number of Topliss-reactive ketones (excluding diaryl/α,β-unsaturated/α-hetero) is 2. The lowest BCUT2D eigenvalue weighted by atomic mass is 9.89. The van der Waals surface area contributed by atoms with Gasteiger partial charge in [-0.2, -0.15) is 0 Å². The maximum atomic E-state index is 14.6. The van der Waals surface area contributed by atoms with Gasteiger partial charge in [0.25, 0.3) is 0 Å². The van der Waals surface area contributed by atoms with Gasteiger partial charge in [-0.25, -0.2) is 19.2 Å². The molecule has 2 aromatic carbocycles. The summed E-state index contributed by atoms with van der Waals surface area (Å²) in [5.41, 5.74) is -0.513. The van der Waals surface area contributed by atoms with Crippen molar-refractivity contribution in [3.05, 3.63) is 59.7 Å². The molecule has 3 saturated heterocycles. The van der Waals surface area contributed by atoms with Gasteiger partial charge in [0.1, 0.15) is 83.2 Å². The lowest BCUT2D eigenvalue weighted by Crippen LogP contribution is -2.60. The van der Waals surface area contributed by atoms with E-state index in [1.54, 1.807) is 146 Å². The van der Waals surface area contributed by atoms with Crippen LogP contribution >= 0.6 is 0 Å². The Hall–Kier alpha value is -10.6. The molecule has 11 amide bonds. The van der Waals surface area contributed by atoms with Crippen LogP contribution in [0.1, 0.15) is 228 Å². The molecule has 12 N–H and O–H groups in total. The molecular formula is C94H150N12O25. The maximum absolute atomic E-state index is 14.6. The van der Waals surface area contributed by atoms with Gasteiger partial charge in [0.05, 0.1) is 75.3 Å². The van der Waals surface area contributed by atoms with Crippen LogP contribution in [0, 0.1) is 47.3 Å². The molecule has 0 aromatic heterocycles. The Morgan fingerprint density at radius 2 is 1.23 bits per heavy atom. The molecule has 5 rings (SSSR count). The Morgan fingerprint density at radius 1 is 0.656 bits per heavy atom. The first-order chi connectivity index (χ1) is 61.0. The van der Waals surface area contributed by atoms with Gasteiger partial charge in [0.15, 0.2) is 11.6 Å². The summed E-state index contributed by atoms with van der Waals surface area (Å²) in [6, 6.07) is -0.0944. The van der Waals surface area contributed by atoms with Crippen molar-refractivity contribution < 1.29 is 120 Å². The maximum Gasteiger partial charge on any atom is 0.408 e. The van der Waals surface area contributed by atoms with Crippen LogP contribution in [0.25, 0.3) is 0 Å². The number of alkyl carbamates (subject to hydrolysis) is 2. The van der Waals surface area contributed by atoms with Gasteiger partial charge in [-0.3, -0.25) is 57.5 Å². The van der Waals surface area contributed by atoms with Crippen molar-refractivity contribution in [3.8, 4) is 11.5 Å². The summed E-state index contributed by atoms with van der Waals surface area (Å²) in [7, 11) is 6.05. The molecule has 0 bridgehead atoms. The van der Waals surface area contributed by atoms with Crippen molar-refractivity contribution in [2.45, 2.75) is 337 Å². The molecule has 3 heterocycles. The third-order valence-corrected chi connectivity index (χ3v) is 23.6. The first-order valence-electron chi connectivity index (χ1n) is 45.7. The molecule has 736 valence electrons. The van der Waals surface area contributed by atoms with E-state index in [2.05, 4.69) is 47.9 Å². The number of nitrogens with one attached hydrogen (secondary N) is 9. The molecule has 131 heavy (non-hydrogen) atoms. The summed E-state index contributed by atoms with van der Waals surface area (Å²) in [4.78, 5) is 223. The normalized spacial score (nSPS) is 23.0. The number of nitrogens with zero attached hydrogens (tertiary/aromatic N) is 3. The van der Waals surface area contributed by atoms with Gasteiger partial charge in [-0.05, 0) is 192 Å². The number of methoxy groups -OCH3 is 2. The largest absolute Gasteiger partial charge is 0.497 e. The summed E-state index contributed by atoms with van der Waals surface area (Å²) < 4.78 is 33.1. The number of amides is 11. The Labute approximate surface area is 771 Å². The standard InChI is InChI=1S/C47H76N6O13.C47H74N6O12/c1-14-27(6)38(51-42(58)39(52-46(63)66-47(9,10)11)29(8)65-45(62)33(48-12)23-30-17-19-31(64-13)20-18-30)35(54)24-36(55)50-37(26(4)5)40(56)28(7)41(57)49-32(22-25(2)3)43(59)53-21-15-16-34(53)44(60)61;1-14-27(6)38-35(54)24-36(55)49-37(26(4)5)40(56)28(7)41(57)48-32(22-25(2)3)43(59)53-21-15-16-33(53)44(60)52(12)34(23-30-17-19-31(63-13)20-18-30)45(61)64-29(8)39(42(58)50-38)51-46(62)65-47(9,10)11/h17-20,25-29,32-35,37-39,48,54H,14-16,21-24H2,1-13H3,(H,49,57)(H,50,55)(H,51,58)(H,52,63)(H,60,61);17-20,25-29,32-35,37-39,54H,14-16,21-24H2,1-13H3,(H,48,57)(H,49,55)(H,50,58)(H,51,62)/t27-,28?,29+,32-,33-,34-,35-,37-,38+,39-;27-,28-,29+,32-,33-,34-,35-,37-,38+,39-/m00/s1. The number of aliphatic hydroxyl groups excluding tert-OH is 2. The van der Waals surface area contributed by atoms with E-state index in [1.165, 1.54) is 56.6 Å². The fourth-order valence-electron chi connectivity index (χ4n) is 15.6. The van der Waals surface area contributed by atoms with Crippen LogP contribution in [0.4, 0.5) is 9.59 Å². The lowest BCUT2D eigenvalue weighted by molar-refractivity contribution is -0.162. The highest BCUT2D eigenvalue weighted by Gasteiger charge is 2.47. The molecular weight excluding hydrogens is 1700 g/mol. The molecule has 2 aromatic rings. The van der Waals surface area contributed by atoms with E-state index >= 15 is 0 Å². The van der Waals surface area contributed by atoms with Crippen LogP contribution in [0.3, 0.4) is 0 Å². The number of rotatable bonds is 34. The van der Waals surface area contributed by atoms with Crippen molar-refractivity contribution in [3.63, 3.8) is 0 Å². The number of likely N-dealkylation sites (N-methyl/N-ethyl adjacent to an activating group) is 2. The van der Waals surface area contributed by atoms with Gasteiger partial charge in [0.2, 0.25) is 53.2 Å². The van der Waals surface area contributed by atoms with Gasteiger partial charge in [-0.15, -0.1) is 0 Å². The highest BCUT2D eigenvalue weighted by Crippen LogP contribution is 2.29. The average Bonchev–Trinajstić information content (AvgIpc) is 1.72. The highest BCUT2D eigenvalue weighted by molar-refractivity contribution is 6.07. The second-order valence-electron chi connectivity index (χ2n) is 38.3. The smallest absolute Gasteiger partial charge is 0.408 e. The molecule has 0 radical (unpaired) electrons. The number of carboxylic acids is 1.